The van der Waals surface area contributed by atoms with E-state index in [2.05, 4.69) is 46.1 Å². The van der Waals surface area contributed by atoms with Crippen LogP contribution >= 0.6 is 0 Å². The zero-order valence-electron chi connectivity index (χ0n) is 11.7. The van der Waals surface area contributed by atoms with Gasteiger partial charge in [0.2, 0.25) is 5.95 Å². The molecule has 0 aliphatic heterocycles. The van der Waals surface area contributed by atoms with E-state index in [4.69, 9.17) is 0 Å². The monoisotopic (exact) mass is 260 g/mol. The second-order valence-corrected chi connectivity index (χ2v) is 4.85. The fourth-order valence-corrected chi connectivity index (χ4v) is 1.67. The predicted octanol–water partition coefficient (Wildman–Crippen LogP) is 2.08. The van der Waals surface area contributed by atoms with Crippen molar-refractivity contribution in [1.29, 1.82) is 0 Å². The Bertz CT molecular complexity index is 506. The molecule has 2 rings (SSSR count). The SMILES string of the molecule is CCCNc1nc(CC(C)C)nc(-n2cccn2)n1. The van der Waals surface area contributed by atoms with Crippen molar-refractivity contribution in [3.63, 3.8) is 0 Å². The highest BCUT2D eigenvalue weighted by atomic mass is 15.4. The van der Waals surface area contributed by atoms with E-state index in [1.165, 1.54) is 0 Å². The molecule has 1 N–H and O–H groups in total. The number of hydrogen-bond acceptors (Lipinski definition) is 5. The third-order valence-corrected chi connectivity index (χ3v) is 2.50. The molecule has 2 aromatic rings. The molecule has 0 atom stereocenters. The molecular formula is C13H20N6. The molecule has 2 heterocycles. The molecule has 0 saturated carbocycles. The zero-order valence-corrected chi connectivity index (χ0v) is 11.7. The Hall–Kier alpha value is -1.98. The lowest BCUT2D eigenvalue weighted by molar-refractivity contribution is 0.613. The second kappa shape index (κ2) is 6.26. The Morgan fingerprint density at radius 1 is 1.26 bits per heavy atom. The molecule has 102 valence electrons. The summed E-state index contributed by atoms with van der Waals surface area (Å²) in [4.78, 5) is 13.3. The van der Waals surface area contributed by atoms with Crippen LogP contribution in [0.5, 0.6) is 0 Å². The maximum absolute atomic E-state index is 4.46. The van der Waals surface area contributed by atoms with E-state index in [-0.39, 0.29) is 0 Å². The summed E-state index contributed by atoms with van der Waals surface area (Å²) in [7, 11) is 0. The van der Waals surface area contributed by atoms with Crippen molar-refractivity contribution in [1.82, 2.24) is 24.7 Å². The fourth-order valence-electron chi connectivity index (χ4n) is 1.67. The first-order chi connectivity index (χ1) is 9.19. The lowest BCUT2D eigenvalue weighted by Gasteiger charge is -2.09. The molecule has 0 saturated heterocycles. The predicted molar refractivity (Wildman–Crippen MR) is 74.3 cm³/mol. The minimum absolute atomic E-state index is 0.506. The molecule has 0 spiro atoms. The molecule has 0 fully saturated rings. The standard InChI is InChI=1S/C13H20N6/c1-4-6-14-12-16-11(9-10(2)3)17-13(18-12)19-8-5-7-15-19/h5,7-8,10H,4,6,9H2,1-3H3,(H,14,16,17,18). The van der Waals surface area contributed by atoms with Crippen molar-refractivity contribution in [2.24, 2.45) is 5.92 Å². The molecule has 0 radical (unpaired) electrons. The molecule has 0 aliphatic carbocycles. The number of rotatable bonds is 6. The van der Waals surface area contributed by atoms with Crippen LogP contribution in [0, 0.1) is 5.92 Å². The summed E-state index contributed by atoms with van der Waals surface area (Å²) < 4.78 is 1.66. The quantitative estimate of drug-likeness (QED) is 0.861. The summed E-state index contributed by atoms with van der Waals surface area (Å²) in [5.41, 5.74) is 0. The molecule has 0 aliphatic rings. The van der Waals surface area contributed by atoms with E-state index in [1.54, 1.807) is 10.9 Å². The number of hydrogen-bond donors (Lipinski definition) is 1. The van der Waals surface area contributed by atoms with Crippen LogP contribution in [0.2, 0.25) is 0 Å². The molecule has 0 amide bonds. The maximum Gasteiger partial charge on any atom is 0.255 e. The highest BCUT2D eigenvalue weighted by Gasteiger charge is 2.09. The van der Waals surface area contributed by atoms with Crippen LogP contribution in [-0.4, -0.2) is 31.3 Å². The van der Waals surface area contributed by atoms with Crippen LogP contribution in [-0.2, 0) is 6.42 Å². The second-order valence-electron chi connectivity index (χ2n) is 4.85. The van der Waals surface area contributed by atoms with Crippen LogP contribution < -0.4 is 5.32 Å². The average molecular weight is 260 g/mol. The van der Waals surface area contributed by atoms with E-state index in [1.807, 2.05) is 12.3 Å². The maximum atomic E-state index is 4.46. The number of nitrogens with one attached hydrogen (secondary N) is 1. The van der Waals surface area contributed by atoms with Gasteiger partial charge in [-0.2, -0.15) is 20.1 Å². The van der Waals surface area contributed by atoms with Crippen LogP contribution in [0.4, 0.5) is 5.95 Å². The molecule has 19 heavy (non-hydrogen) atoms. The summed E-state index contributed by atoms with van der Waals surface area (Å²) in [5.74, 6) is 2.49. The van der Waals surface area contributed by atoms with Gasteiger partial charge in [0.1, 0.15) is 5.82 Å². The highest BCUT2D eigenvalue weighted by molar-refractivity contribution is 5.28. The van der Waals surface area contributed by atoms with Gasteiger partial charge in [-0.15, -0.1) is 0 Å². The minimum atomic E-state index is 0.506. The molecule has 6 nitrogen and oxygen atoms in total. The van der Waals surface area contributed by atoms with E-state index in [0.29, 0.717) is 17.8 Å². The van der Waals surface area contributed by atoms with Crippen LogP contribution in [0.15, 0.2) is 18.5 Å². The third-order valence-electron chi connectivity index (χ3n) is 2.50. The van der Waals surface area contributed by atoms with Crippen LogP contribution in [0.1, 0.15) is 33.0 Å². The Morgan fingerprint density at radius 3 is 2.74 bits per heavy atom. The van der Waals surface area contributed by atoms with Gasteiger partial charge in [0.15, 0.2) is 0 Å². The lowest BCUT2D eigenvalue weighted by atomic mass is 10.1. The normalized spacial score (nSPS) is 10.9. The summed E-state index contributed by atoms with van der Waals surface area (Å²) in [6.07, 6.45) is 5.41. The van der Waals surface area contributed by atoms with Crippen molar-refractivity contribution >= 4 is 5.95 Å². The fraction of sp³-hybridized carbons (Fsp3) is 0.538. The van der Waals surface area contributed by atoms with Crippen molar-refractivity contribution in [3.8, 4) is 5.95 Å². The third kappa shape index (κ3) is 3.74. The topological polar surface area (TPSA) is 68.5 Å². The van der Waals surface area contributed by atoms with E-state index in [0.717, 1.165) is 25.2 Å². The number of anilines is 1. The molecule has 6 heteroatoms. The molecule has 0 unspecified atom stereocenters. The van der Waals surface area contributed by atoms with Gasteiger partial charge in [0, 0.05) is 25.4 Å². The van der Waals surface area contributed by atoms with Crippen LogP contribution in [0.3, 0.4) is 0 Å². The first-order valence-corrected chi connectivity index (χ1v) is 6.68. The van der Waals surface area contributed by atoms with Crippen molar-refractivity contribution < 1.29 is 0 Å². The highest BCUT2D eigenvalue weighted by Crippen LogP contribution is 2.09. The number of nitrogens with zero attached hydrogens (tertiary/aromatic N) is 5. The summed E-state index contributed by atoms with van der Waals surface area (Å²) >= 11 is 0. The van der Waals surface area contributed by atoms with Gasteiger partial charge >= 0.3 is 0 Å². The van der Waals surface area contributed by atoms with Gasteiger partial charge in [-0.25, -0.2) is 4.68 Å². The smallest absolute Gasteiger partial charge is 0.255 e. The Morgan fingerprint density at radius 2 is 2.11 bits per heavy atom. The number of aromatic nitrogens is 5. The Kier molecular flexibility index (Phi) is 4.43. The average Bonchev–Trinajstić information content (AvgIpc) is 2.89. The van der Waals surface area contributed by atoms with E-state index in [9.17, 15) is 0 Å². The molecular weight excluding hydrogens is 240 g/mol. The molecule has 0 aromatic carbocycles. The Balaban J connectivity index is 2.31. The summed E-state index contributed by atoms with van der Waals surface area (Å²) in [6, 6.07) is 1.85. The largest absolute Gasteiger partial charge is 0.354 e. The van der Waals surface area contributed by atoms with Gasteiger partial charge in [-0.1, -0.05) is 20.8 Å². The summed E-state index contributed by atoms with van der Waals surface area (Å²) in [6.45, 7) is 7.26. The van der Waals surface area contributed by atoms with Gasteiger partial charge in [0.25, 0.3) is 5.95 Å². The Labute approximate surface area is 113 Å². The first kappa shape index (κ1) is 13.5. The zero-order chi connectivity index (χ0) is 13.7. The van der Waals surface area contributed by atoms with E-state index >= 15 is 0 Å². The van der Waals surface area contributed by atoms with Crippen molar-refractivity contribution in [3.05, 3.63) is 24.3 Å². The summed E-state index contributed by atoms with van der Waals surface area (Å²) in [5, 5.41) is 7.37. The van der Waals surface area contributed by atoms with Gasteiger partial charge < -0.3 is 5.32 Å². The van der Waals surface area contributed by atoms with Crippen molar-refractivity contribution in [2.75, 3.05) is 11.9 Å². The molecule has 2 aromatic heterocycles. The van der Waals surface area contributed by atoms with Gasteiger partial charge in [-0.3, -0.25) is 0 Å². The first-order valence-electron chi connectivity index (χ1n) is 6.68. The van der Waals surface area contributed by atoms with E-state index < -0.39 is 0 Å². The minimum Gasteiger partial charge on any atom is -0.354 e. The van der Waals surface area contributed by atoms with Gasteiger partial charge in [0.05, 0.1) is 0 Å². The van der Waals surface area contributed by atoms with Crippen molar-refractivity contribution in [2.45, 2.75) is 33.6 Å². The van der Waals surface area contributed by atoms with Crippen LogP contribution in [0.25, 0.3) is 5.95 Å². The van der Waals surface area contributed by atoms with Gasteiger partial charge in [-0.05, 0) is 18.4 Å². The molecule has 0 bridgehead atoms. The lowest BCUT2D eigenvalue weighted by Crippen LogP contribution is -2.13.